The second-order valence-electron chi connectivity index (χ2n) is 3.20. The molecule has 68 valence electrons. The summed E-state index contributed by atoms with van der Waals surface area (Å²) < 4.78 is 5.00. The second kappa shape index (κ2) is 4.26. The summed E-state index contributed by atoms with van der Waals surface area (Å²) in [6.07, 6.45) is 2.82. The Morgan fingerprint density at radius 3 is 2.92 bits per heavy atom. The van der Waals surface area contributed by atoms with Gasteiger partial charge in [0, 0.05) is 19.2 Å². The average Bonchev–Trinajstić information content (AvgIpc) is 2.48. The van der Waals surface area contributed by atoms with E-state index in [1.807, 2.05) is 6.20 Å². The Balaban J connectivity index is 2.64. The van der Waals surface area contributed by atoms with Crippen molar-refractivity contribution in [2.45, 2.75) is 26.2 Å². The first kappa shape index (κ1) is 9.26. The molecule has 0 aromatic carbocycles. The van der Waals surface area contributed by atoms with Gasteiger partial charge in [0.15, 0.2) is 0 Å². The number of H-pyrrole nitrogens is 1. The minimum Gasteiger partial charge on any atom is -0.384 e. The molecule has 1 N–H and O–H groups in total. The van der Waals surface area contributed by atoms with Crippen LogP contribution < -0.4 is 0 Å². The molecule has 0 unspecified atom stereocenters. The van der Waals surface area contributed by atoms with Crippen molar-refractivity contribution in [2.75, 3.05) is 13.7 Å². The molecule has 0 radical (unpaired) electrons. The standard InChI is InChI=1S/C9H16N2O/c1-7(2)8-6-10-11-9(8)4-5-12-3/h6-7H,4-5H2,1-3H3,(H,10,11). The molecule has 3 heteroatoms. The summed E-state index contributed by atoms with van der Waals surface area (Å²) in [5, 5.41) is 7.01. The van der Waals surface area contributed by atoms with Gasteiger partial charge < -0.3 is 4.74 Å². The fourth-order valence-corrected chi connectivity index (χ4v) is 1.22. The van der Waals surface area contributed by atoms with Crippen LogP contribution in [0.15, 0.2) is 6.20 Å². The number of hydrogen-bond acceptors (Lipinski definition) is 2. The lowest BCUT2D eigenvalue weighted by molar-refractivity contribution is 0.201. The minimum atomic E-state index is 0.538. The van der Waals surface area contributed by atoms with Gasteiger partial charge in [-0.05, 0) is 11.5 Å². The van der Waals surface area contributed by atoms with E-state index in [9.17, 15) is 0 Å². The van der Waals surface area contributed by atoms with Gasteiger partial charge in [0.1, 0.15) is 0 Å². The molecule has 1 rings (SSSR count). The predicted octanol–water partition coefficient (Wildman–Crippen LogP) is 1.72. The highest BCUT2D eigenvalue weighted by atomic mass is 16.5. The molecule has 0 spiro atoms. The van der Waals surface area contributed by atoms with Gasteiger partial charge in [0.25, 0.3) is 0 Å². The molecule has 0 bridgehead atoms. The fraction of sp³-hybridized carbons (Fsp3) is 0.667. The van der Waals surface area contributed by atoms with Crippen LogP contribution in [0.2, 0.25) is 0 Å². The molecule has 1 aromatic heterocycles. The Morgan fingerprint density at radius 2 is 2.33 bits per heavy atom. The largest absolute Gasteiger partial charge is 0.384 e. The lowest BCUT2D eigenvalue weighted by Gasteiger charge is -2.04. The summed E-state index contributed by atoms with van der Waals surface area (Å²) in [6, 6.07) is 0. The Hall–Kier alpha value is -0.830. The third-order valence-electron chi connectivity index (χ3n) is 1.93. The number of aromatic nitrogens is 2. The predicted molar refractivity (Wildman–Crippen MR) is 48.3 cm³/mol. The van der Waals surface area contributed by atoms with E-state index in [-0.39, 0.29) is 0 Å². The highest BCUT2D eigenvalue weighted by Crippen LogP contribution is 2.16. The Kier molecular flexibility index (Phi) is 3.29. The van der Waals surface area contributed by atoms with Crippen LogP contribution in [0.25, 0.3) is 0 Å². The van der Waals surface area contributed by atoms with Crippen molar-refractivity contribution in [2.24, 2.45) is 0 Å². The molecule has 3 nitrogen and oxygen atoms in total. The van der Waals surface area contributed by atoms with Crippen LogP contribution >= 0.6 is 0 Å². The fourth-order valence-electron chi connectivity index (χ4n) is 1.22. The normalized spacial score (nSPS) is 11.0. The maximum atomic E-state index is 5.00. The quantitative estimate of drug-likeness (QED) is 0.743. The first-order chi connectivity index (χ1) is 5.75. The summed E-state index contributed by atoms with van der Waals surface area (Å²) in [6.45, 7) is 5.09. The van der Waals surface area contributed by atoms with Crippen LogP contribution in [-0.4, -0.2) is 23.9 Å². The van der Waals surface area contributed by atoms with Gasteiger partial charge in [-0.3, -0.25) is 5.10 Å². The number of methoxy groups -OCH3 is 1. The van der Waals surface area contributed by atoms with Gasteiger partial charge in [-0.2, -0.15) is 5.10 Å². The van der Waals surface area contributed by atoms with Crippen LogP contribution in [0.3, 0.4) is 0 Å². The molecule has 0 atom stereocenters. The van der Waals surface area contributed by atoms with Crippen molar-refractivity contribution < 1.29 is 4.74 Å². The zero-order chi connectivity index (χ0) is 8.97. The Morgan fingerprint density at radius 1 is 1.58 bits per heavy atom. The van der Waals surface area contributed by atoms with Crippen LogP contribution in [0, 0.1) is 0 Å². The number of ether oxygens (including phenoxy) is 1. The summed E-state index contributed by atoms with van der Waals surface area (Å²) >= 11 is 0. The van der Waals surface area contributed by atoms with Crippen LogP contribution in [-0.2, 0) is 11.2 Å². The van der Waals surface area contributed by atoms with E-state index >= 15 is 0 Å². The molecular weight excluding hydrogens is 152 g/mol. The minimum absolute atomic E-state index is 0.538. The van der Waals surface area contributed by atoms with Crippen molar-refractivity contribution >= 4 is 0 Å². The van der Waals surface area contributed by atoms with Crippen LogP contribution in [0.1, 0.15) is 31.0 Å². The van der Waals surface area contributed by atoms with Gasteiger partial charge in [-0.1, -0.05) is 13.8 Å². The number of rotatable bonds is 4. The topological polar surface area (TPSA) is 37.9 Å². The molecule has 0 saturated heterocycles. The second-order valence-corrected chi connectivity index (χ2v) is 3.20. The lowest BCUT2D eigenvalue weighted by Crippen LogP contribution is -1.99. The van der Waals surface area contributed by atoms with E-state index in [2.05, 4.69) is 24.0 Å². The maximum Gasteiger partial charge on any atom is 0.0524 e. The Bertz CT molecular complexity index is 230. The van der Waals surface area contributed by atoms with Crippen molar-refractivity contribution in [3.8, 4) is 0 Å². The highest BCUT2D eigenvalue weighted by molar-refractivity contribution is 5.19. The van der Waals surface area contributed by atoms with E-state index < -0.39 is 0 Å². The van der Waals surface area contributed by atoms with Gasteiger partial charge in [0.05, 0.1) is 12.8 Å². The molecule has 1 aromatic rings. The number of nitrogens with zero attached hydrogens (tertiary/aromatic N) is 1. The zero-order valence-electron chi connectivity index (χ0n) is 7.92. The summed E-state index contributed by atoms with van der Waals surface area (Å²) in [5.74, 6) is 0.538. The molecule has 0 saturated carbocycles. The van der Waals surface area contributed by atoms with Gasteiger partial charge in [-0.15, -0.1) is 0 Å². The molecule has 0 aliphatic heterocycles. The Labute approximate surface area is 73.1 Å². The first-order valence-electron chi connectivity index (χ1n) is 4.26. The van der Waals surface area contributed by atoms with E-state index in [4.69, 9.17) is 4.74 Å². The van der Waals surface area contributed by atoms with Gasteiger partial charge >= 0.3 is 0 Å². The van der Waals surface area contributed by atoms with Crippen molar-refractivity contribution in [1.29, 1.82) is 0 Å². The summed E-state index contributed by atoms with van der Waals surface area (Å²) in [5.41, 5.74) is 2.50. The molecule has 0 amide bonds. The third-order valence-corrected chi connectivity index (χ3v) is 1.93. The van der Waals surface area contributed by atoms with E-state index in [0.717, 1.165) is 13.0 Å². The van der Waals surface area contributed by atoms with Crippen molar-refractivity contribution in [3.05, 3.63) is 17.5 Å². The van der Waals surface area contributed by atoms with E-state index in [1.165, 1.54) is 11.3 Å². The summed E-state index contributed by atoms with van der Waals surface area (Å²) in [4.78, 5) is 0. The molecule has 0 fully saturated rings. The molecule has 1 heterocycles. The maximum absolute atomic E-state index is 5.00. The molecule has 0 aliphatic carbocycles. The van der Waals surface area contributed by atoms with Gasteiger partial charge in [0.2, 0.25) is 0 Å². The monoisotopic (exact) mass is 168 g/mol. The number of nitrogens with one attached hydrogen (secondary N) is 1. The third kappa shape index (κ3) is 2.08. The number of aromatic amines is 1. The SMILES string of the molecule is COCCc1[nH]ncc1C(C)C. The first-order valence-corrected chi connectivity index (χ1v) is 4.26. The van der Waals surface area contributed by atoms with E-state index in [0.29, 0.717) is 5.92 Å². The molecule has 12 heavy (non-hydrogen) atoms. The average molecular weight is 168 g/mol. The van der Waals surface area contributed by atoms with E-state index in [1.54, 1.807) is 7.11 Å². The zero-order valence-corrected chi connectivity index (χ0v) is 7.92. The van der Waals surface area contributed by atoms with Crippen LogP contribution in [0.5, 0.6) is 0 Å². The molecule has 0 aliphatic rings. The highest BCUT2D eigenvalue weighted by Gasteiger charge is 2.07. The smallest absolute Gasteiger partial charge is 0.0524 e. The summed E-state index contributed by atoms with van der Waals surface area (Å²) in [7, 11) is 1.71. The van der Waals surface area contributed by atoms with Crippen molar-refractivity contribution in [3.63, 3.8) is 0 Å². The van der Waals surface area contributed by atoms with Crippen molar-refractivity contribution in [1.82, 2.24) is 10.2 Å². The lowest BCUT2D eigenvalue weighted by atomic mass is 10.0. The molecular formula is C9H16N2O. The number of hydrogen-bond donors (Lipinski definition) is 1. The van der Waals surface area contributed by atoms with Crippen LogP contribution in [0.4, 0.5) is 0 Å². The van der Waals surface area contributed by atoms with Gasteiger partial charge in [-0.25, -0.2) is 0 Å².